The summed E-state index contributed by atoms with van der Waals surface area (Å²) in [6.45, 7) is 2.06. The molecule has 2 aromatic carbocycles. The fourth-order valence-electron chi connectivity index (χ4n) is 1.94. The number of rotatable bonds is 3. The van der Waals surface area contributed by atoms with Crippen LogP contribution in [0, 0.1) is 6.92 Å². The first-order valence-corrected chi connectivity index (χ1v) is 7.46. The Hall–Kier alpha value is -0.840. The van der Waals surface area contributed by atoms with Crippen molar-refractivity contribution < 1.29 is 4.74 Å². The van der Waals surface area contributed by atoms with Gasteiger partial charge in [-0.15, -0.1) is 0 Å². The maximum absolute atomic E-state index is 6.36. The third-order valence-corrected chi connectivity index (χ3v) is 4.41. The molecule has 1 atom stereocenters. The fourth-order valence-corrected chi connectivity index (χ4v) is 3.28. The number of nitrogens with two attached hydrogens (primary N) is 1. The van der Waals surface area contributed by atoms with Gasteiger partial charge >= 0.3 is 0 Å². The van der Waals surface area contributed by atoms with Crippen LogP contribution in [0.15, 0.2) is 45.3 Å². The largest absolute Gasteiger partial charge is 0.497 e. The normalized spacial score (nSPS) is 12.3. The maximum Gasteiger partial charge on any atom is 0.120 e. The SMILES string of the molecule is COc1ccc(C(N)c2ccc(C)cc2Br)c(Br)c1. The lowest BCUT2D eigenvalue weighted by atomic mass is 9.98. The Balaban J connectivity index is 2.41. The molecule has 19 heavy (non-hydrogen) atoms. The molecule has 0 saturated heterocycles. The van der Waals surface area contributed by atoms with Crippen molar-refractivity contribution in [3.05, 3.63) is 62.0 Å². The molecule has 0 amide bonds. The summed E-state index contributed by atoms with van der Waals surface area (Å²) in [4.78, 5) is 0. The van der Waals surface area contributed by atoms with Gasteiger partial charge < -0.3 is 10.5 Å². The van der Waals surface area contributed by atoms with E-state index in [1.807, 2.05) is 18.2 Å². The second kappa shape index (κ2) is 6.07. The van der Waals surface area contributed by atoms with E-state index in [1.54, 1.807) is 7.11 Å². The molecule has 0 bridgehead atoms. The molecule has 1 unspecified atom stereocenters. The second-order valence-electron chi connectivity index (χ2n) is 4.39. The zero-order valence-corrected chi connectivity index (χ0v) is 14.0. The first kappa shape index (κ1) is 14.6. The van der Waals surface area contributed by atoms with Crippen LogP contribution in [-0.2, 0) is 0 Å². The van der Waals surface area contributed by atoms with E-state index in [1.165, 1.54) is 5.56 Å². The van der Waals surface area contributed by atoms with Gasteiger partial charge in [-0.3, -0.25) is 0 Å². The van der Waals surface area contributed by atoms with Crippen LogP contribution in [0.4, 0.5) is 0 Å². The number of halogens is 2. The Bertz CT molecular complexity index is 599. The van der Waals surface area contributed by atoms with Crippen molar-refractivity contribution in [3.8, 4) is 5.75 Å². The van der Waals surface area contributed by atoms with Gasteiger partial charge in [0.05, 0.1) is 13.2 Å². The molecule has 0 saturated carbocycles. The second-order valence-corrected chi connectivity index (χ2v) is 6.10. The van der Waals surface area contributed by atoms with Gasteiger partial charge in [-0.25, -0.2) is 0 Å². The van der Waals surface area contributed by atoms with Crippen LogP contribution >= 0.6 is 31.9 Å². The minimum absolute atomic E-state index is 0.185. The quantitative estimate of drug-likeness (QED) is 0.840. The Morgan fingerprint density at radius 1 is 1.00 bits per heavy atom. The van der Waals surface area contributed by atoms with E-state index in [0.717, 1.165) is 25.8 Å². The van der Waals surface area contributed by atoms with Crippen molar-refractivity contribution in [2.75, 3.05) is 7.11 Å². The molecule has 2 aromatic rings. The molecule has 2 N–H and O–H groups in total. The molecule has 0 heterocycles. The van der Waals surface area contributed by atoms with Crippen molar-refractivity contribution >= 4 is 31.9 Å². The topological polar surface area (TPSA) is 35.2 Å². The van der Waals surface area contributed by atoms with Crippen LogP contribution in [0.25, 0.3) is 0 Å². The molecule has 2 rings (SSSR count). The summed E-state index contributed by atoms with van der Waals surface area (Å²) in [5, 5.41) is 0. The first-order valence-electron chi connectivity index (χ1n) is 5.88. The molecule has 2 nitrogen and oxygen atoms in total. The van der Waals surface area contributed by atoms with Crippen molar-refractivity contribution in [1.82, 2.24) is 0 Å². The summed E-state index contributed by atoms with van der Waals surface area (Å²) in [5.41, 5.74) is 9.66. The molecule has 0 radical (unpaired) electrons. The summed E-state index contributed by atoms with van der Waals surface area (Å²) in [7, 11) is 1.65. The first-order chi connectivity index (χ1) is 9.02. The lowest BCUT2D eigenvalue weighted by Gasteiger charge is -2.17. The predicted molar refractivity (Wildman–Crippen MR) is 85.6 cm³/mol. The van der Waals surface area contributed by atoms with Gasteiger partial charge in [0.1, 0.15) is 5.75 Å². The minimum atomic E-state index is -0.185. The maximum atomic E-state index is 6.36. The Morgan fingerprint density at radius 2 is 1.58 bits per heavy atom. The van der Waals surface area contributed by atoms with Crippen molar-refractivity contribution in [2.45, 2.75) is 13.0 Å². The van der Waals surface area contributed by atoms with Crippen molar-refractivity contribution in [2.24, 2.45) is 5.73 Å². The van der Waals surface area contributed by atoms with Gasteiger partial charge in [0.2, 0.25) is 0 Å². The van der Waals surface area contributed by atoms with E-state index in [9.17, 15) is 0 Å². The van der Waals surface area contributed by atoms with Crippen molar-refractivity contribution in [1.29, 1.82) is 0 Å². The summed E-state index contributed by atoms with van der Waals surface area (Å²) >= 11 is 7.13. The average molecular weight is 385 g/mol. The Morgan fingerprint density at radius 3 is 2.11 bits per heavy atom. The van der Waals surface area contributed by atoms with E-state index < -0.39 is 0 Å². The number of aryl methyl sites for hydroxylation is 1. The molecular weight excluding hydrogens is 370 g/mol. The van der Waals surface area contributed by atoms with Crippen LogP contribution in [0.3, 0.4) is 0 Å². The van der Waals surface area contributed by atoms with E-state index in [0.29, 0.717) is 0 Å². The molecular formula is C15H15Br2NO. The zero-order chi connectivity index (χ0) is 14.0. The lowest BCUT2D eigenvalue weighted by molar-refractivity contribution is 0.414. The number of hydrogen-bond donors (Lipinski definition) is 1. The highest BCUT2D eigenvalue weighted by molar-refractivity contribution is 9.10. The standard InChI is InChI=1S/C15H15Br2NO/c1-9-3-5-11(13(16)7-9)15(18)12-6-4-10(19-2)8-14(12)17/h3-8,15H,18H2,1-2H3. The van der Waals surface area contributed by atoms with Gasteiger partial charge in [0, 0.05) is 8.95 Å². The van der Waals surface area contributed by atoms with Gasteiger partial charge in [0.15, 0.2) is 0 Å². The highest BCUT2D eigenvalue weighted by Crippen LogP contribution is 2.33. The number of hydrogen-bond acceptors (Lipinski definition) is 2. The fraction of sp³-hybridized carbons (Fsp3) is 0.200. The third-order valence-electron chi connectivity index (χ3n) is 3.03. The molecule has 0 aliphatic rings. The Kier molecular flexibility index (Phi) is 4.66. The van der Waals surface area contributed by atoms with Crippen LogP contribution in [0.1, 0.15) is 22.7 Å². The van der Waals surface area contributed by atoms with E-state index in [-0.39, 0.29) is 6.04 Å². The van der Waals surface area contributed by atoms with E-state index >= 15 is 0 Å². The van der Waals surface area contributed by atoms with Gasteiger partial charge in [-0.2, -0.15) is 0 Å². The summed E-state index contributed by atoms with van der Waals surface area (Å²) in [6, 6.07) is 11.8. The average Bonchev–Trinajstić information content (AvgIpc) is 2.37. The Labute approximate surface area is 130 Å². The summed E-state index contributed by atoms with van der Waals surface area (Å²) in [5.74, 6) is 0.811. The highest BCUT2D eigenvalue weighted by atomic mass is 79.9. The van der Waals surface area contributed by atoms with Crippen molar-refractivity contribution in [3.63, 3.8) is 0 Å². The van der Waals surface area contributed by atoms with Gasteiger partial charge in [-0.1, -0.05) is 50.1 Å². The molecule has 0 aliphatic heterocycles. The number of ether oxygens (including phenoxy) is 1. The summed E-state index contributed by atoms with van der Waals surface area (Å²) < 4.78 is 7.18. The van der Waals surface area contributed by atoms with Crippen LogP contribution in [0.2, 0.25) is 0 Å². The van der Waals surface area contributed by atoms with Crippen LogP contribution < -0.4 is 10.5 Å². The lowest BCUT2D eigenvalue weighted by Crippen LogP contribution is -2.13. The van der Waals surface area contributed by atoms with Crippen LogP contribution in [-0.4, -0.2) is 7.11 Å². The molecule has 0 fully saturated rings. The number of benzene rings is 2. The molecule has 0 spiro atoms. The van der Waals surface area contributed by atoms with Gasteiger partial charge in [-0.05, 0) is 41.8 Å². The smallest absolute Gasteiger partial charge is 0.120 e. The molecule has 100 valence electrons. The monoisotopic (exact) mass is 383 g/mol. The molecule has 0 aliphatic carbocycles. The highest BCUT2D eigenvalue weighted by Gasteiger charge is 2.15. The van der Waals surface area contributed by atoms with Crippen LogP contribution in [0.5, 0.6) is 5.75 Å². The third kappa shape index (κ3) is 3.19. The molecule has 0 aromatic heterocycles. The van der Waals surface area contributed by atoms with Gasteiger partial charge in [0.25, 0.3) is 0 Å². The minimum Gasteiger partial charge on any atom is -0.497 e. The molecule has 4 heteroatoms. The zero-order valence-electron chi connectivity index (χ0n) is 10.8. The van der Waals surface area contributed by atoms with E-state index in [2.05, 4.69) is 57.0 Å². The van der Waals surface area contributed by atoms with E-state index in [4.69, 9.17) is 10.5 Å². The number of methoxy groups -OCH3 is 1. The predicted octanol–water partition coefficient (Wildman–Crippen LogP) is 4.58. The summed E-state index contributed by atoms with van der Waals surface area (Å²) in [6.07, 6.45) is 0.